The van der Waals surface area contributed by atoms with Gasteiger partial charge in [0.1, 0.15) is 6.17 Å². The van der Waals surface area contributed by atoms with Crippen molar-refractivity contribution in [2.75, 3.05) is 36.0 Å². The van der Waals surface area contributed by atoms with Gasteiger partial charge in [-0.1, -0.05) is 60.2 Å². The Kier molecular flexibility index (Phi) is 6.45. The summed E-state index contributed by atoms with van der Waals surface area (Å²) in [6.45, 7) is 2.83. The number of hydrogen-bond acceptors (Lipinski definition) is 3. The predicted octanol–water partition coefficient (Wildman–Crippen LogP) is 5.82. The van der Waals surface area contributed by atoms with Crippen molar-refractivity contribution in [3.05, 3.63) is 95.1 Å². The Morgan fingerprint density at radius 2 is 1.81 bits per heavy atom. The maximum Gasteiger partial charge on any atom is 0.416 e. The topological polar surface area (TPSA) is 26.7 Å². The van der Waals surface area contributed by atoms with Gasteiger partial charge in [0.2, 0.25) is 0 Å². The van der Waals surface area contributed by atoms with Crippen LogP contribution in [-0.2, 0) is 11.8 Å². The average Bonchev–Trinajstić information content (AvgIpc) is 3.41. The summed E-state index contributed by atoms with van der Waals surface area (Å²) >= 11 is 0. The van der Waals surface area contributed by atoms with E-state index in [0.717, 1.165) is 27.9 Å². The van der Waals surface area contributed by atoms with Gasteiger partial charge >= 0.3 is 6.18 Å². The van der Waals surface area contributed by atoms with Crippen LogP contribution in [0.25, 0.3) is 0 Å². The van der Waals surface area contributed by atoms with E-state index in [4.69, 9.17) is 0 Å². The molecule has 1 unspecified atom stereocenters. The number of alkyl halides is 4. The third-order valence-electron chi connectivity index (χ3n) is 7.48. The summed E-state index contributed by atoms with van der Waals surface area (Å²) in [5.41, 5.74) is 5.12. The van der Waals surface area contributed by atoms with Gasteiger partial charge in [-0.2, -0.15) is 13.2 Å². The van der Waals surface area contributed by atoms with Crippen LogP contribution in [-0.4, -0.2) is 49.7 Å². The molecule has 3 aromatic rings. The third-order valence-corrected chi connectivity index (χ3v) is 7.48. The summed E-state index contributed by atoms with van der Waals surface area (Å²) < 4.78 is 53.8. The number of benzene rings is 3. The van der Waals surface area contributed by atoms with Gasteiger partial charge in [-0.25, -0.2) is 4.39 Å². The van der Waals surface area contributed by atoms with Crippen molar-refractivity contribution < 1.29 is 22.7 Å². The Hall–Kier alpha value is -3.06. The number of halogens is 4. The maximum absolute atomic E-state index is 13.9. The first kappa shape index (κ1) is 24.6. The molecule has 1 saturated heterocycles. The maximum atomic E-state index is 13.9. The second-order valence-corrected chi connectivity index (χ2v) is 10.1. The van der Waals surface area contributed by atoms with Crippen molar-refractivity contribution in [2.24, 2.45) is 0 Å². The van der Waals surface area contributed by atoms with Crippen LogP contribution in [0.15, 0.2) is 72.8 Å². The molecule has 3 aromatic carbocycles. The van der Waals surface area contributed by atoms with E-state index < -0.39 is 30.4 Å². The van der Waals surface area contributed by atoms with Gasteiger partial charge in [0.15, 0.2) is 6.10 Å². The van der Waals surface area contributed by atoms with Crippen molar-refractivity contribution in [1.82, 2.24) is 0 Å². The van der Waals surface area contributed by atoms with Gasteiger partial charge < -0.3 is 14.9 Å². The first-order valence-electron chi connectivity index (χ1n) is 12.3. The molecule has 36 heavy (non-hydrogen) atoms. The summed E-state index contributed by atoms with van der Waals surface area (Å²) in [6.07, 6.45) is -6.88. The van der Waals surface area contributed by atoms with E-state index in [-0.39, 0.29) is 0 Å². The minimum absolute atomic E-state index is 0.309. The summed E-state index contributed by atoms with van der Waals surface area (Å²) in [6, 6.07) is 23.7. The molecule has 5 rings (SSSR count). The fraction of sp³-hybridized carbons (Fsp3) is 0.379. The molecule has 2 heterocycles. The van der Waals surface area contributed by atoms with E-state index in [0.29, 0.717) is 38.2 Å². The molecule has 0 spiro atoms. The van der Waals surface area contributed by atoms with Gasteiger partial charge in [0, 0.05) is 36.4 Å². The molecule has 2 aliphatic rings. The van der Waals surface area contributed by atoms with E-state index in [1.807, 2.05) is 72.5 Å². The van der Waals surface area contributed by atoms with E-state index in [2.05, 4.69) is 12.1 Å². The number of β-amino-alcohol motifs (C(OH)–C–C–N with tert-alkyl or cyclic N) is 1. The van der Waals surface area contributed by atoms with Gasteiger partial charge in [-0.3, -0.25) is 0 Å². The van der Waals surface area contributed by atoms with Crippen LogP contribution in [0.4, 0.5) is 28.9 Å². The lowest BCUT2D eigenvalue weighted by atomic mass is 9.71. The molecule has 2 aliphatic heterocycles. The van der Waals surface area contributed by atoms with Crippen LogP contribution >= 0.6 is 0 Å². The monoisotopic (exact) mass is 498 g/mol. The highest BCUT2D eigenvalue weighted by atomic mass is 19.4. The third kappa shape index (κ3) is 4.69. The second-order valence-electron chi connectivity index (χ2n) is 10.1. The quantitative estimate of drug-likeness (QED) is 0.434. The zero-order valence-corrected chi connectivity index (χ0v) is 20.2. The van der Waals surface area contributed by atoms with E-state index in [1.165, 1.54) is 0 Å². The highest BCUT2D eigenvalue weighted by molar-refractivity contribution is 5.67. The molecule has 0 bridgehead atoms. The number of rotatable bonds is 6. The van der Waals surface area contributed by atoms with Crippen molar-refractivity contribution in [1.29, 1.82) is 0 Å². The molecule has 0 radical (unpaired) electrons. The normalized spacial score (nSPS) is 22.7. The Bertz CT molecular complexity index is 1230. The van der Waals surface area contributed by atoms with Crippen LogP contribution < -0.4 is 9.80 Å². The summed E-state index contributed by atoms with van der Waals surface area (Å²) in [5.74, 6) is 0. The molecule has 7 heteroatoms. The standard InChI is InChI=1S/C29H30F4N2O/c1-20-6-4-8-22(14-20)28(16-21-7-5-9-24(15-21)34-13-12-23(30)17-34)19-35(18-27(36)29(31,32)33)26-11-3-2-10-25(26)28/h2-11,14-15,23,27,36H,12-13,16-19H2,1H3/t23-,27-,28?/m1/s1. The van der Waals surface area contributed by atoms with Crippen molar-refractivity contribution >= 4 is 11.4 Å². The number of fused-ring (bicyclic) bond motifs is 1. The fourth-order valence-corrected chi connectivity index (χ4v) is 5.73. The molecule has 0 saturated carbocycles. The van der Waals surface area contributed by atoms with Crippen LogP contribution in [0.5, 0.6) is 0 Å². The number of nitrogens with zero attached hydrogens (tertiary/aromatic N) is 2. The molecule has 0 amide bonds. The van der Waals surface area contributed by atoms with Crippen LogP contribution in [0.3, 0.4) is 0 Å². The largest absolute Gasteiger partial charge is 0.416 e. The number of aryl methyl sites for hydroxylation is 1. The van der Waals surface area contributed by atoms with Crippen LogP contribution in [0, 0.1) is 6.92 Å². The lowest BCUT2D eigenvalue weighted by Crippen LogP contribution is -2.44. The molecule has 1 fully saturated rings. The Morgan fingerprint density at radius 1 is 1.03 bits per heavy atom. The number of hydrogen-bond donors (Lipinski definition) is 1. The molecule has 3 nitrogen and oxygen atoms in total. The SMILES string of the molecule is Cc1cccc(C2(Cc3cccc(N4CC[C@@H](F)C4)c3)CN(C[C@@H](O)C(F)(F)F)c3ccccc32)c1. The molecular weight excluding hydrogens is 468 g/mol. The summed E-state index contributed by atoms with van der Waals surface area (Å²) in [5, 5.41) is 9.92. The molecule has 1 N–H and O–H groups in total. The predicted molar refractivity (Wildman–Crippen MR) is 135 cm³/mol. The Balaban J connectivity index is 1.57. The zero-order chi connectivity index (χ0) is 25.5. The van der Waals surface area contributed by atoms with Crippen molar-refractivity contribution in [2.45, 2.75) is 43.6 Å². The molecule has 0 aliphatic carbocycles. The molecule has 190 valence electrons. The zero-order valence-electron chi connectivity index (χ0n) is 20.2. The minimum atomic E-state index is -4.69. The number of para-hydroxylation sites is 1. The molecular formula is C29H30F4N2O. The van der Waals surface area contributed by atoms with Gasteiger partial charge in [-0.15, -0.1) is 0 Å². The minimum Gasteiger partial charge on any atom is -0.382 e. The van der Waals surface area contributed by atoms with Gasteiger partial charge in [0.05, 0.1) is 6.54 Å². The molecule has 0 aromatic heterocycles. The van der Waals surface area contributed by atoms with E-state index >= 15 is 0 Å². The van der Waals surface area contributed by atoms with Crippen molar-refractivity contribution in [3.63, 3.8) is 0 Å². The van der Waals surface area contributed by atoms with Crippen molar-refractivity contribution in [3.8, 4) is 0 Å². The van der Waals surface area contributed by atoms with Crippen LogP contribution in [0.1, 0.15) is 28.7 Å². The molecule has 3 atom stereocenters. The lowest BCUT2D eigenvalue weighted by molar-refractivity contribution is -0.200. The first-order valence-corrected chi connectivity index (χ1v) is 12.3. The number of aliphatic hydroxyl groups is 1. The Labute approximate surface area is 209 Å². The van der Waals surface area contributed by atoms with Gasteiger partial charge in [0.25, 0.3) is 0 Å². The first-order chi connectivity index (χ1) is 17.2. The number of aliphatic hydroxyl groups excluding tert-OH is 1. The van der Waals surface area contributed by atoms with Crippen LogP contribution in [0.2, 0.25) is 0 Å². The fourth-order valence-electron chi connectivity index (χ4n) is 5.73. The average molecular weight is 499 g/mol. The van der Waals surface area contributed by atoms with E-state index in [9.17, 15) is 22.7 Å². The summed E-state index contributed by atoms with van der Waals surface area (Å²) in [4.78, 5) is 3.70. The highest BCUT2D eigenvalue weighted by Gasteiger charge is 2.47. The Morgan fingerprint density at radius 3 is 2.53 bits per heavy atom. The summed E-state index contributed by atoms with van der Waals surface area (Å²) in [7, 11) is 0. The smallest absolute Gasteiger partial charge is 0.382 e. The highest BCUT2D eigenvalue weighted by Crippen LogP contribution is 2.48. The number of anilines is 2. The lowest BCUT2D eigenvalue weighted by Gasteiger charge is -2.33. The van der Waals surface area contributed by atoms with Gasteiger partial charge in [-0.05, 0) is 54.7 Å². The van der Waals surface area contributed by atoms with E-state index in [1.54, 1.807) is 4.90 Å². The second kappa shape index (κ2) is 9.43.